The van der Waals surface area contributed by atoms with Crippen LogP contribution in [0.15, 0.2) is 18.2 Å². The minimum atomic E-state index is 0.297. The summed E-state index contributed by atoms with van der Waals surface area (Å²) in [4.78, 5) is 0. The zero-order chi connectivity index (χ0) is 11.4. The Labute approximate surface area is 97.3 Å². The van der Waals surface area contributed by atoms with Gasteiger partial charge in [-0.2, -0.15) is 0 Å². The van der Waals surface area contributed by atoms with Crippen LogP contribution in [0.3, 0.4) is 0 Å². The largest absolute Gasteiger partial charge is 0.508 e. The van der Waals surface area contributed by atoms with Gasteiger partial charge in [0.25, 0.3) is 0 Å². The summed E-state index contributed by atoms with van der Waals surface area (Å²) in [5, 5.41) is 9.46. The molecule has 0 aliphatic heterocycles. The Morgan fingerprint density at radius 3 is 2.88 bits per heavy atom. The smallest absolute Gasteiger partial charge is 0.126 e. The van der Waals surface area contributed by atoms with E-state index in [0.29, 0.717) is 5.75 Å². The minimum Gasteiger partial charge on any atom is -0.508 e. The van der Waals surface area contributed by atoms with Gasteiger partial charge < -0.3 is 9.84 Å². The molecule has 0 aromatic heterocycles. The molecule has 16 heavy (non-hydrogen) atoms. The monoisotopic (exact) mass is 220 g/mol. The molecule has 1 fully saturated rings. The van der Waals surface area contributed by atoms with Crippen LogP contribution in [0.25, 0.3) is 0 Å². The molecule has 1 N–H and O–H groups in total. The maximum absolute atomic E-state index is 9.46. The number of unbranched alkanes of at least 4 members (excludes halogenated alkanes) is 1. The standard InChI is InChI=1S/C14H20O2/c1-2-3-4-12-7-8-13(15)9-14(12)16-10-11-5-6-11/h7-9,11,15H,2-6,10H2,1H3. The van der Waals surface area contributed by atoms with Gasteiger partial charge in [-0.15, -0.1) is 0 Å². The normalized spacial score (nSPS) is 15.1. The zero-order valence-corrected chi connectivity index (χ0v) is 9.91. The van der Waals surface area contributed by atoms with Gasteiger partial charge >= 0.3 is 0 Å². The fourth-order valence-corrected chi connectivity index (χ4v) is 1.74. The number of benzene rings is 1. The van der Waals surface area contributed by atoms with Crippen LogP contribution in [0.1, 0.15) is 38.2 Å². The molecule has 0 bridgehead atoms. The van der Waals surface area contributed by atoms with Crippen molar-refractivity contribution >= 4 is 0 Å². The number of aryl methyl sites for hydroxylation is 1. The summed E-state index contributed by atoms with van der Waals surface area (Å²) in [6.07, 6.45) is 5.98. The van der Waals surface area contributed by atoms with E-state index in [1.165, 1.54) is 31.2 Å². The average molecular weight is 220 g/mol. The molecule has 88 valence electrons. The van der Waals surface area contributed by atoms with Crippen molar-refractivity contribution in [2.75, 3.05) is 6.61 Å². The molecule has 0 amide bonds. The molecular formula is C14H20O2. The molecule has 0 unspecified atom stereocenters. The molecule has 0 atom stereocenters. The summed E-state index contributed by atoms with van der Waals surface area (Å²) in [6, 6.07) is 5.47. The van der Waals surface area contributed by atoms with E-state index in [0.717, 1.165) is 24.7 Å². The fourth-order valence-electron chi connectivity index (χ4n) is 1.74. The van der Waals surface area contributed by atoms with E-state index < -0.39 is 0 Å². The van der Waals surface area contributed by atoms with E-state index in [9.17, 15) is 5.11 Å². The van der Waals surface area contributed by atoms with Crippen molar-refractivity contribution in [1.82, 2.24) is 0 Å². The predicted octanol–water partition coefficient (Wildman–Crippen LogP) is 3.52. The highest BCUT2D eigenvalue weighted by molar-refractivity contribution is 5.40. The Bertz CT molecular complexity index is 343. The highest BCUT2D eigenvalue weighted by atomic mass is 16.5. The Balaban J connectivity index is 2.01. The van der Waals surface area contributed by atoms with E-state index in [4.69, 9.17) is 4.74 Å². The number of phenols is 1. The third-order valence-corrected chi connectivity index (χ3v) is 3.02. The van der Waals surface area contributed by atoms with Crippen LogP contribution >= 0.6 is 0 Å². The second kappa shape index (κ2) is 5.24. The van der Waals surface area contributed by atoms with Gasteiger partial charge in [-0.05, 0) is 43.2 Å². The number of ether oxygens (including phenoxy) is 1. The van der Waals surface area contributed by atoms with Crippen molar-refractivity contribution in [2.24, 2.45) is 5.92 Å². The molecule has 1 aliphatic rings. The van der Waals surface area contributed by atoms with Crippen LogP contribution in [-0.2, 0) is 6.42 Å². The minimum absolute atomic E-state index is 0.297. The van der Waals surface area contributed by atoms with Gasteiger partial charge in [0, 0.05) is 6.07 Å². The molecule has 2 rings (SSSR count). The maximum atomic E-state index is 9.46. The lowest BCUT2D eigenvalue weighted by atomic mass is 10.1. The van der Waals surface area contributed by atoms with Gasteiger partial charge in [-0.25, -0.2) is 0 Å². The molecule has 0 spiro atoms. The topological polar surface area (TPSA) is 29.5 Å². The highest BCUT2D eigenvalue weighted by Crippen LogP contribution is 2.32. The first kappa shape index (κ1) is 11.3. The van der Waals surface area contributed by atoms with Crippen molar-refractivity contribution in [3.8, 4) is 11.5 Å². The molecule has 1 saturated carbocycles. The van der Waals surface area contributed by atoms with Crippen molar-refractivity contribution in [1.29, 1.82) is 0 Å². The van der Waals surface area contributed by atoms with Crippen LogP contribution in [0.5, 0.6) is 11.5 Å². The molecule has 1 aliphatic carbocycles. The van der Waals surface area contributed by atoms with E-state index in [-0.39, 0.29) is 0 Å². The van der Waals surface area contributed by atoms with Crippen molar-refractivity contribution in [2.45, 2.75) is 39.0 Å². The van der Waals surface area contributed by atoms with Crippen LogP contribution in [0.4, 0.5) is 0 Å². The number of phenolic OH excluding ortho intramolecular Hbond substituents is 1. The van der Waals surface area contributed by atoms with Gasteiger partial charge in [0.05, 0.1) is 6.61 Å². The summed E-state index contributed by atoms with van der Waals surface area (Å²) >= 11 is 0. The van der Waals surface area contributed by atoms with Crippen molar-refractivity contribution < 1.29 is 9.84 Å². The molecular weight excluding hydrogens is 200 g/mol. The Kier molecular flexibility index (Phi) is 3.70. The highest BCUT2D eigenvalue weighted by Gasteiger charge is 2.22. The summed E-state index contributed by atoms with van der Waals surface area (Å²) in [7, 11) is 0. The van der Waals surface area contributed by atoms with E-state index in [2.05, 4.69) is 6.92 Å². The molecule has 0 radical (unpaired) electrons. The Morgan fingerprint density at radius 2 is 2.19 bits per heavy atom. The lowest BCUT2D eigenvalue weighted by molar-refractivity contribution is 0.295. The third kappa shape index (κ3) is 3.16. The van der Waals surface area contributed by atoms with E-state index >= 15 is 0 Å². The van der Waals surface area contributed by atoms with Gasteiger partial charge in [-0.1, -0.05) is 19.4 Å². The second-order valence-electron chi connectivity index (χ2n) is 4.65. The quantitative estimate of drug-likeness (QED) is 0.794. The number of hydrogen-bond acceptors (Lipinski definition) is 2. The van der Waals surface area contributed by atoms with Gasteiger partial charge in [0.2, 0.25) is 0 Å². The molecule has 1 aromatic rings. The SMILES string of the molecule is CCCCc1ccc(O)cc1OCC1CC1. The third-order valence-electron chi connectivity index (χ3n) is 3.02. The average Bonchev–Trinajstić information content (AvgIpc) is 3.09. The van der Waals surface area contributed by atoms with Crippen LogP contribution in [-0.4, -0.2) is 11.7 Å². The Hall–Kier alpha value is -1.18. The summed E-state index contributed by atoms with van der Waals surface area (Å²) < 4.78 is 5.78. The van der Waals surface area contributed by atoms with E-state index in [1.807, 2.05) is 6.07 Å². The Morgan fingerprint density at radius 1 is 1.38 bits per heavy atom. The summed E-state index contributed by atoms with van der Waals surface area (Å²) in [5.41, 5.74) is 1.22. The van der Waals surface area contributed by atoms with Gasteiger partial charge in [-0.3, -0.25) is 0 Å². The van der Waals surface area contributed by atoms with Gasteiger partial charge in [0.1, 0.15) is 11.5 Å². The molecule has 2 heteroatoms. The lowest BCUT2D eigenvalue weighted by Gasteiger charge is -2.11. The van der Waals surface area contributed by atoms with Crippen LogP contribution < -0.4 is 4.74 Å². The summed E-state index contributed by atoms with van der Waals surface area (Å²) in [5.74, 6) is 1.92. The first-order valence-corrected chi connectivity index (χ1v) is 6.24. The zero-order valence-electron chi connectivity index (χ0n) is 9.91. The second-order valence-corrected chi connectivity index (χ2v) is 4.65. The first-order chi connectivity index (χ1) is 7.79. The molecule has 0 saturated heterocycles. The van der Waals surface area contributed by atoms with Crippen LogP contribution in [0, 0.1) is 5.92 Å². The maximum Gasteiger partial charge on any atom is 0.126 e. The molecule has 0 heterocycles. The predicted molar refractivity (Wildman–Crippen MR) is 64.9 cm³/mol. The number of rotatable bonds is 6. The van der Waals surface area contributed by atoms with Crippen molar-refractivity contribution in [3.05, 3.63) is 23.8 Å². The fraction of sp³-hybridized carbons (Fsp3) is 0.571. The van der Waals surface area contributed by atoms with Crippen LogP contribution in [0.2, 0.25) is 0 Å². The van der Waals surface area contributed by atoms with Crippen molar-refractivity contribution in [3.63, 3.8) is 0 Å². The number of hydrogen-bond donors (Lipinski definition) is 1. The van der Waals surface area contributed by atoms with E-state index in [1.54, 1.807) is 12.1 Å². The lowest BCUT2D eigenvalue weighted by Crippen LogP contribution is -2.01. The first-order valence-electron chi connectivity index (χ1n) is 6.24. The number of aromatic hydroxyl groups is 1. The molecule has 1 aromatic carbocycles. The molecule has 2 nitrogen and oxygen atoms in total. The summed E-state index contributed by atoms with van der Waals surface area (Å²) in [6.45, 7) is 2.99. The van der Waals surface area contributed by atoms with Gasteiger partial charge in [0.15, 0.2) is 0 Å².